The van der Waals surface area contributed by atoms with Gasteiger partial charge in [-0.1, -0.05) is 37.0 Å². The summed E-state index contributed by atoms with van der Waals surface area (Å²) in [6.45, 7) is 4.12. The number of nitrogens with zero attached hydrogens (tertiary/aromatic N) is 2. The number of hydrogen-bond donors (Lipinski definition) is 3. The molecule has 0 saturated heterocycles. The number of aromatic nitrogens is 2. The Kier molecular flexibility index (Phi) is 5.67. The Morgan fingerprint density at radius 2 is 1.80 bits per heavy atom. The van der Waals surface area contributed by atoms with E-state index >= 15 is 0 Å². The largest absolute Gasteiger partial charge is 0.394 e. The number of hydrogen-bond acceptors (Lipinski definition) is 5. The van der Waals surface area contributed by atoms with E-state index in [2.05, 4.69) is 20.6 Å². The molecule has 5 nitrogen and oxygen atoms in total. The maximum absolute atomic E-state index is 9.55. The van der Waals surface area contributed by atoms with Gasteiger partial charge in [0.15, 0.2) is 0 Å². The van der Waals surface area contributed by atoms with Gasteiger partial charge in [-0.3, -0.25) is 0 Å². The summed E-state index contributed by atoms with van der Waals surface area (Å²) in [5, 5.41) is 17.2. The molecule has 3 N–H and O–H groups in total. The molecule has 0 bridgehead atoms. The average Bonchev–Trinajstić information content (AvgIpc) is 3.36. The maximum Gasteiger partial charge on any atom is 0.225 e. The molecular formula is C18H22Cl2N4O. The molecule has 0 radical (unpaired) electrons. The summed E-state index contributed by atoms with van der Waals surface area (Å²) in [4.78, 5) is 9.15. The highest BCUT2D eigenvalue weighted by Gasteiger charge is 2.26. The van der Waals surface area contributed by atoms with Crippen LogP contribution in [0.25, 0.3) is 0 Å². The summed E-state index contributed by atoms with van der Waals surface area (Å²) >= 11 is 12.1. The van der Waals surface area contributed by atoms with Gasteiger partial charge >= 0.3 is 0 Å². The van der Waals surface area contributed by atoms with Gasteiger partial charge in [-0.2, -0.15) is 4.98 Å². The van der Waals surface area contributed by atoms with Crippen LogP contribution in [0.15, 0.2) is 24.3 Å². The molecule has 1 aliphatic carbocycles. The Morgan fingerprint density at radius 3 is 2.36 bits per heavy atom. The van der Waals surface area contributed by atoms with E-state index in [1.807, 2.05) is 19.9 Å². The van der Waals surface area contributed by atoms with Gasteiger partial charge in [-0.15, -0.1) is 0 Å². The van der Waals surface area contributed by atoms with Crippen LogP contribution in [-0.4, -0.2) is 27.7 Å². The van der Waals surface area contributed by atoms with E-state index in [0.29, 0.717) is 27.7 Å². The fourth-order valence-electron chi connectivity index (χ4n) is 2.55. The highest BCUT2D eigenvalue weighted by molar-refractivity contribution is 6.35. The Morgan fingerprint density at radius 1 is 1.12 bits per heavy atom. The highest BCUT2D eigenvalue weighted by Crippen LogP contribution is 2.40. The molecule has 0 amide bonds. The van der Waals surface area contributed by atoms with Crippen molar-refractivity contribution in [2.45, 2.75) is 38.6 Å². The first kappa shape index (κ1) is 18.2. The predicted molar refractivity (Wildman–Crippen MR) is 103 cm³/mol. The lowest BCUT2D eigenvalue weighted by atomic mass is 10.1. The Hall–Kier alpha value is -1.56. The molecular weight excluding hydrogens is 359 g/mol. The van der Waals surface area contributed by atoms with E-state index in [-0.39, 0.29) is 18.6 Å². The van der Waals surface area contributed by atoms with Crippen molar-refractivity contribution in [2.24, 2.45) is 5.92 Å². The molecule has 1 heterocycles. The SMILES string of the molecule is CC(C)[C@H](CO)Nc1nc(Nc2cc(Cl)cc(Cl)c2)cc(C2CC2)n1. The van der Waals surface area contributed by atoms with Gasteiger partial charge < -0.3 is 15.7 Å². The van der Waals surface area contributed by atoms with Crippen molar-refractivity contribution >= 4 is 40.7 Å². The maximum atomic E-state index is 9.55. The van der Waals surface area contributed by atoms with Crippen molar-refractivity contribution in [3.63, 3.8) is 0 Å². The van der Waals surface area contributed by atoms with Crippen LogP contribution in [0.5, 0.6) is 0 Å². The molecule has 1 aromatic carbocycles. The van der Waals surface area contributed by atoms with Crippen LogP contribution in [0.2, 0.25) is 10.0 Å². The van der Waals surface area contributed by atoms with E-state index in [9.17, 15) is 5.11 Å². The van der Waals surface area contributed by atoms with Crippen LogP contribution in [0.1, 0.15) is 38.3 Å². The molecule has 1 fully saturated rings. The van der Waals surface area contributed by atoms with Crippen molar-refractivity contribution in [3.8, 4) is 0 Å². The summed E-state index contributed by atoms with van der Waals surface area (Å²) in [5.41, 5.74) is 1.78. The molecule has 0 unspecified atom stereocenters. The van der Waals surface area contributed by atoms with Crippen LogP contribution in [-0.2, 0) is 0 Å². The van der Waals surface area contributed by atoms with Gasteiger partial charge in [-0.05, 0) is 37.0 Å². The lowest BCUT2D eigenvalue weighted by molar-refractivity contribution is 0.248. The molecule has 7 heteroatoms. The average molecular weight is 381 g/mol. The summed E-state index contributed by atoms with van der Waals surface area (Å²) in [6.07, 6.45) is 2.29. The van der Waals surface area contributed by atoms with E-state index in [1.54, 1.807) is 18.2 Å². The third-order valence-corrected chi connectivity index (χ3v) is 4.63. The standard InChI is InChI=1S/C18H22Cl2N4O/c1-10(2)16(9-25)23-18-22-15(11-3-4-11)8-17(24-18)21-14-6-12(19)5-13(20)7-14/h5-8,10-11,16,25H,3-4,9H2,1-2H3,(H2,21,22,23,24)/t16-/m0/s1. The van der Waals surface area contributed by atoms with Gasteiger partial charge in [0.25, 0.3) is 0 Å². The topological polar surface area (TPSA) is 70.1 Å². The molecule has 1 aromatic heterocycles. The van der Waals surface area contributed by atoms with E-state index in [0.717, 1.165) is 24.2 Å². The van der Waals surface area contributed by atoms with Crippen LogP contribution in [0.3, 0.4) is 0 Å². The number of benzene rings is 1. The molecule has 1 saturated carbocycles. The molecule has 2 aromatic rings. The number of halogens is 2. The molecule has 0 spiro atoms. The van der Waals surface area contributed by atoms with Gasteiger partial charge in [0.1, 0.15) is 5.82 Å². The summed E-state index contributed by atoms with van der Waals surface area (Å²) in [5.74, 6) is 1.95. The third-order valence-electron chi connectivity index (χ3n) is 4.19. The Labute approximate surface area is 157 Å². The van der Waals surface area contributed by atoms with Crippen LogP contribution in [0.4, 0.5) is 17.5 Å². The van der Waals surface area contributed by atoms with E-state index < -0.39 is 0 Å². The number of rotatable bonds is 7. The fourth-order valence-corrected chi connectivity index (χ4v) is 3.07. The lowest BCUT2D eigenvalue weighted by Gasteiger charge is -2.20. The first-order valence-corrected chi connectivity index (χ1v) is 9.19. The van der Waals surface area contributed by atoms with Crippen molar-refractivity contribution in [1.29, 1.82) is 0 Å². The monoisotopic (exact) mass is 380 g/mol. The molecule has 3 rings (SSSR count). The second-order valence-electron chi connectivity index (χ2n) is 6.74. The smallest absolute Gasteiger partial charge is 0.225 e. The number of aliphatic hydroxyl groups is 1. The molecule has 1 atom stereocenters. The normalized spacial score (nSPS) is 15.3. The minimum absolute atomic E-state index is 0.0291. The number of aliphatic hydroxyl groups excluding tert-OH is 1. The van der Waals surface area contributed by atoms with E-state index in [1.165, 1.54) is 0 Å². The second-order valence-corrected chi connectivity index (χ2v) is 7.61. The fraction of sp³-hybridized carbons (Fsp3) is 0.444. The zero-order chi connectivity index (χ0) is 18.0. The zero-order valence-electron chi connectivity index (χ0n) is 14.3. The van der Waals surface area contributed by atoms with Crippen molar-refractivity contribution in [2.75, 3.05) is 17.2 Å². The van der Waals surface area contributed by atoms with Gasteiger partial charge in [0, 0.05) is 27.7 Å². The van der Waals surface area contributed by atoms with Crippen LogP contribution >= 0.6 is 23.2 Å². The molecule has 25 heavy (non-hydrogen) atoms. The van der Waals surface area contributed by atoms with E-state index in [4.69, 9.17) is 23.2 Å². The van der Waals surface area contributed by atoms with Crippen molar-refractivity contribution in [1.82, 2.24) is 9.97 Å². The van der Waals surface area contributed by atoms with Crippen LogP contribution < -0.4 is 10.6 Å². The van der Waals surface area contributed by atoms with Gasteiger partial charge in [-0.25, -0.2) is 4.98 Å². The Bertz CT molecular complexity index is 730. The minimum atomic E-state index is -0.0945. The zero-order valence-corrected chi connectivity index (χ0v) is 15.8. The van der Waals surface area contributed by atoms with Gasteiger partial charge in [0.05, 0.1) is 18.3 Å². The first-order valence-electron chi connectivity index (χ1n) is 8.44. The Balaban J connectivity index is 1.87. The second kappa shape index (κ2) is 7.77. The minimum Gasteiger partial charge on any atom is -0.394 e. The summed E-state index contributed by atoms with van der Waals surface area (Å²) < 4.78 is 0. The van der Waals surface area contributed by atoms with Gasteiger partial charge in [0.2, 0.25) is 5.95 Å². The third kappa shape index (κ3) is 4.97. The van der Waals surface area contributed by atoms with Crippen molar-refractivity contribution < 1.29 is 5.11 Å². The lowest BCUT2D eigenvalue weighted by Crippen LogP contribution is -2.30. The molecule has 134 valence electrons. The quantitative estimate of drug-likeness (QED) is 0.641. The first-order chi connectivity index (χ1) is 11.9. The molecule has 0 aliphatic heterocycles. The number of anilines is 3. The number of nitrogens with one attached hydrogen (secondary N) is 2. The summed E-state index contributed by atoms with van der Waals surface area (Å²) in [6, 6.07) is 7.14. The predicted octanol–water partition coefficient (Wildman–Crippen LogP) is 4.83. The molecule has 1 aliphatic rings. The highest BCUT2D eigenvalue weighted by atomic mass is 35.5. The van der Waals surface area contributed by atoms with Crippen LogP contribution in [0, 0.1) is 5.92 Å². The summed E-state index contributed by atoms with van der Waals surface area (Å²) in [7, 11) is 0. The van der Waals surface area contributed by atoms with Crippen molar-refractivity contribution in [3.05, 3.63) is 40.0 Å².